The Morgan fingerprint density at radius 1 is 1.11 bits per heavy atom. The molecule has 0 aliphatic carbocycles. The molecule has 2 aromatic carbocycles. The maximum Gasteiger partial charge on any atom is 0.265 e. The zero-order chi connectivity index (χ0) is 19.9. The molecule has 0 aromatic heterocycles. The molecule has 4 rings (SSSR count). The second-order valence-electron chi connectivity index (χ2n) is 6.76. The molecule has 0 spiro atoms. The fourth-order valence-corrected chi connectivity index (χ4v) is 4.15. The molecule has 0 bridgehead atoms. The fraction of sp³-hybridized carbons (Fsp3) is 0.316. The molecule has 2 aliphatic heterocycles. The van der Waals surface area contributed by atoms with Crippen LogP contribution in [-0.2, 0) is 14.8 Å². The van der Waals surface area contributed by atoms with Crippen LogP contribution >= 0.6 is 0 Å². The number of rotatable bonds is 3. The minimum Gasteiger partial charge on any atom is -0.478 e. The summed E-state index contributed by atoms with van der Waals surface area (Å²) in [6, 6.07) is 10.4. The number of benzene rings is 2. The first kappa shape index (κ1) is 18.4. The van der Waals surface area contributed by atoms with Gasteiger partial charge in [-0.3, -0.25) is 9.10 Å². The van der Waals surface area contributed by atoms with Crippen LogP contribution in [0.2, 0.25) is 0 Å². The third kappa shape index (κ3) is 3.57. The normalized spacial score (nSPS) is 18.1. The average Bonchev–Trinajstić information content (AvgIpc) is 3.00. The number of fused-ring (bicyclic) bond motifs is 2. The van der Waals surface area contributed by atoms with Gasteiger partial charge in [0.1, 0.15) is 5.75 Å². The number of ether oxygens (including phenoxy) is 3. The van der Waals surface area contributed by atoms with Crippen LogP contribution in [0.4, 0.5) is 11.4 Å². The maximum atomic E-state index is 12.8. The van der Waals surface area contributed by atoms with Gasteiger partial charge in [0.25, 0.3) is 5.91 Å². The topological polar surface area (TPSA) is 94.2 Å². The molecule has 1 N–H and O–H groups in total. The monoisotopic (exact) mass is 404 g/mol. The number of anilines is 2. The largest absolute Gasteiger partial charge is 0.478 e. The number of carbonyl (C=O) groups excluding carboxylic acids is 1. The summed E-state index contributed by atoms with van der Waals surface area (Å²) in [7, 11) is -3.50. The molecule has 2 aliphatic rings. The van der Waals surface area contributed by atoms with Gasteiger partial charge >= 0.3 is 0 Å². The van der Waals surface area contributed by atoms with Crippen molar-refractivity contribution in [3.63, 3.8) is 0 Å². The highest BCUT2D eigenvalue weighted by atomic mass is 32.2. The van der Waals surface area contributed by atoms with E-state index in [2.05, 4.69) is 5.32 Å². The molecule has 0 fully saturated rings. The Kier molecular flexibility index (Phi) is 4.54. The van der Waals surface area contributed by atoms with Crippen molar-refractivity contribution < 1.29 is 27.4 Å². The van der Waals surface area contributed by atoms with E-state index < -0.39 is 16.1 Å². The maximum absolute atomic E-state index is 12.8. The summed E-state index contributed by atoms with van der Waals surface area (Å²) in [5.74, 6) is 1.18. The number of nitrogens with one attached hydrogen (secondary N) is 1. The Labute approximate surface area is 163 Å². The second-order valence-corrected chi connectivity index (χ2v) is 8.67. The van der Waals surface area contributed by atoms with Crippen molar-refractivity contribution in [2.24, 2.45) is 0 Å². The standard InChI is InChI=1S/C19H20N2O6S/c1-12-3-5-15-14(9-12)21(28(2,23)24)8-7-17(27-15)19(22)20-13-4-6-16-18(10-13)26-11-25-16/h3-6,9-10,17H,7-8,11H2,1-2H3,(H,20,22)/t17-/m0/s1. The quantitative estimate of drug-likeness (QED) is 0.844. The van der Waals surface area contributed by atoms with Crippen molar-refractivity contribution in [1.29, 1.82) is 0 Å². The first-order chi connectivity index (χ1) is 13.3. The molecule has 1 atom stereocenters. The minimum atomic E-state index is -3.50. The number of hydrogen-bond acceptors (Lipinski definition) is 6. The molecule has 2 heterocycles. The van der Waals surface area contributed by atoms with Crippen LogP contribution in [0.3, 0.4) is 0 Å². The summed E-state index contributed by atoms with van der Waals surface area (Å²) in [5, 5.41) is 2.80. The van der Waals surface area contributed by atoms with Crippen molar-refractivity contribution >= 4 is 27.3 Å². The third-order valence-electron chi connectivity index (χ3n) is 4.58. The summed E-state index contributed by atoms with van der Waals surface area (Å²) in [6.07, 6.45) is 0.530. The Bertz CT molecular complexity index is 1040. The predicted octanol–water partition coefficient (Wildman–Crippen LogP) is 2.28. The predicted molar refractivity (Wildman–Crippen MR) is 104 cm³/mol. The van der Waals surface area contributed by atoms with Crippen LogP contribution in [-0.4, -0.2) is 40.0 Å². The lowest BCUT2D eigenvalue weighted by molar-refractivity contribution is -0.122. The van der Waals surface area contributed by atoms with Crippen LogP contribution in [0.25, 0.3) is 0 Å². The molecule has 28 heavy (non-hydrogen) atoms. The van der Waals surface area contributed by atoms with E-state index >= 15 is 0 Å². The SMILES string of the molecule is Cc1ccc2c(c1)N(S(C)(=O)=O)CC[C@@H](C(=O)Nc1ccc3c(c1)OCO3)O2. The van der Waals surface area contributed by atoms with Crippen molar-refractivity contribution in [2.75, 3.05) is 29.2 Å². The van der Waals surface area contributed by atoms with Crippen LogP contribution in [0.5, 0.6) is 17.2 Å². The fourth-order valence-electron chi connectivity index (χ4n) is 3.22. The summed E-state index contributed by atoms with van der Waals surface area (Å²) < 4.78 is 42.2. The lowest BCUT2D eigenvalue weighted by Crippen LogP contribution is -2.35. The molecular formula is C19H20N2O6S. The first-order valence-corrected chi connectivity index (χ1v) is 10.6. The zero-order valence-electron chi connectivity index (χ0n) is 15.5. The van der Waals surface area contributed by atoms with Gasteiger partial charge < -0.3 is 19.5 Å². The number of sulfonamides is 1. The second kappa shape index (κ2) is 6.90. The Morgan fingerprint density at radius 2 is 1.86 bits per heavy atom. The van der Waals surface area contributed by atoms with Crippen LogP contribution in [0.1, 0.15) is 12.0 Å². The van der Waals surface area contributed by atoms with Crippen molar-refractivity contribution in [3.8, 4) is 17.2 Å². The molecule has 2 aromatic rings. The smallest absolute Gasteiger partial charge is 0.265 e. The van der Waals surface area contributed by atoms with Gasteiger partial charge in [-0.05, 0) is 36.8 Å². The molecular weight excluding hydrogens is 384 g/mol. The van der Waals surface area contributed by atoms with Crippen molar-refractivity contribution in [2.45, 2.75) is 19.4 Å². The van der Waals surface area contributed by atoms with E-state index in [9.17, 15) is 13.2 Å². The van der Waals surface area contributed by atoms with Gasteiger partial charge in [0.2, 0.25) is 16.8 Å². The van der Waals surface area contributed by atoms with Gasteiger partial charge in [-0.25, -0.2) is 8.42 Å². The molecule has 0 saturated heterocycles. The van der Waals surface area contributed by atoms with Crippen molar-refractivity contribution in [1.82, 2.24) is 0 Å². The molecule has 148 valence electrons. The van der Waals surface area contributed by atoms with Gasteiger partial charge in [0, 0.05) is 24.7 Å². The lowest BCUT2D eigenvalue weighted by Gasteiger charge is -2.21. The van der Waals surface area contributed by atoms with Gasteiger partial charge in [0.05, 0.1) is 11.9 Å². The Morgan fingerprint density at radius 3 is 2.64 bits per heavy atom. The number of hydrogen-bond donors (Lipinski definition) is 1. The molecule has 9 heteroatoms. The van der Waals surface area contributed by atoms with E-state index in [1.807, 2.05) is 13.0 Å². The summed E-state index contributed by atoms with van der Waals surface area (Å²) in [5.41, 5.74) is 1.89. The van der Waals surface area contributed by atoms with E-state index in [0.29, 0.717) is 28.6 Å². The van der Waals surface area contributed by atoms with E-state index in [4.69, 9.17) is 14.2 Å². The number of aryl methyl sites for hydroxylation is 1. The Balaban J connectivity index is 1.57. The highest BCUT2D eigenvalue weighted by Crippen LogP contribution is 2.36. The van der Waals surface area contributed by atoms with Crippen molar-refractivity contribution in [3.05, 3.63) is 42.0 Å². The molecule has 8 nitrogen and oxygen atoms in total. The van der Waals surface area contributed by atoms with Gasteiger partial charge in [-0.15, -0.1) is 0 Å². The first-order valence-electron chi connectivity index (χ1n) is 8.77. The van der Waals surface area contributed by atoms with E-state index in [1.165, 1.54) is 4.31 Å². The molecule has 0 radical (unpaired) electrons. The van der Waals surface area contributed by atoms with Crippen LogP contribution in [0, 0.1) is 6.92 Å². The summed E-state index contributed by atoms with van der Waals surface area (Å²) in [4.78, 5) is 12.8. The highest BCUT2D eigenvalue weighted by molar-refractivity contribution is 7.92. The number of nitrogens with zero attached hydrogens (tertiary/aromatic N) is 1. The number of amides is 1. The van der Waals surface area contributed by atoms with Crippen LogP contribution < -0.4 is 23.8 Å². The number of carbonyl (C=O) groups is 1. The van der Waals surface area contributed by atoms with E-state index in [0.717, 1.165) is 11.8 Å². The van der Waals surface area contributed by atoms with E-state index in [1.54, 1.807) is 30.3 Å². The lowest BCUT2D eigenvalue weighted by atomic mass is 10.2. The molecule has 0 unspecified atom stereocenters. The van der Waals surface area contributed by atoms with Crippen LogP contribution in [0.15, 0.2) is 36.4 Å². The van der Waals surface area contributed by atoms with Gasteiger partial charge in [0.15, 0.2) is 17.6 Å². The zero-order valence-corrected chi connectivity index (χ0v) is 16.3. The minimum absolute atomic E-state index is 0.147. The Hall–Kier alpha value is -2.94. The highest BCUT2D eigenvalue weighted by Gasteiger charge is 2.31. The molecule has 0 saturated carbocycles. The van der Waals surface area contributed by atoms with Gasteiger partial charge in [-0.2, -0.15) is 0 Å². The molecule has 1 amide bonds. The van der Waals surface area contributed by atoms with Gasteiger partial charge in [-0.1, -0.05) is 6.07 Å². The average molecular weight is 404 g/mol. The summed E-state index contributed by atoms with van der Waals surface area (Å²) in [6.45, 7) is 2.17. The summed E-state index contributed by atoms with van der Waals surface area (Å²) >= 11 is 0. The van der Waals surface area contributed by atoms with E-state index in [-0.39, 0.29) is 25.7 Å². The third-order valence-corrected chi connectivity index (χ3v) is 5.76.